The summed E-state index contributed by atoms with van der Waals surface area (Å²) in [5, 5.41) is 33.1. The van der Waals surface area contributed by atoms with E-state index in [2.05, 4.69) is 5.32 Å². The number of benzene rings is 1. The third kappa shape index (κ3) is 10.9. The van der Waals surface area contributed by atoms with Crippen LogP contribution in [-0.2, 0) is 39.8 Å². The molecule has 2 rings (SSSR count). The van der Waals surface area contributed by atoms with Crippen LogP contribution in [-0.4, -0.2) is 111 Å². The number of rotatable bonds is 17. The van der Waals surface area contributed by atoms with Gasteiger partial charge in [0.25, 0.3) is 0 Å². The van der Waals surface area contributed by atoms with Gasteiger partial charge in [0.15, 0.2) is 6.29 Å². The summed E-state index contributed by atoms with van der Waals surface area (Å²) in [5.41, 5.74) is -0.214. The van der Waals surface area contributed by atoms with Crippen molar-refractivity contribution in [3.05, 3.63) is 35.9 Å². The monoisotopic (exact) mass is 501 g/mol. The summed E-state index contributed by atoms with van der Waals surface area (Å²) in [4.78, 5) is 11.2. The highest BCUT2D eigenvalue weighted by Gasteiger charge is 2.51. The molecule has 1 saturated heterocycles. The van der Waals surface area contributed by atoms with Crippen LogP contribution in [0.15, 0.2) is 30.3 Å². The van der Waals surface area contributed by atoms with Gasteiger partial charge in [0.05, 0.1) is 66.1 Å². The Hall–Kier alpha value is -1.67. The van der Waals surface area contributed by atoms with Crippen molar-refractivity contribution < 1.29 is 48.5 Å². The highest BCUT2D eigenvalue weighted by Crippen LogP contribution is 2.29. The minimum Gasteiger partial charge on any atom is -0.388 e. The summed E-state index contributed by atoms with van der Waals surface area (Å²) in [6.07, 6.45) is -4.25. The molecule has 1 aliphatic heterocycles. The summed E-state index contributed by atoms with van der Waals surface area (Å²) in [5.74, 6) is -0.457. The van der Waals surface area contributed by atoms with Crippen molar-refractivity contribution in [2.45, 2.75) is 50.6 Å². The second-order valence-electron chi connectivity index (χ2n) is 8.41. The van der Waals surface area contributed by atoms with Crippen LogP contribution in [0.4, 0.5) is 0 Å². The molecule has 1 aliphatic rings. The molecule has 0 radical (unpaired) electrons. The number of hydrogen-bond donors (Lipinski definition) is 4. The molecule has 1 aromatic rings. The zero-order valence-electron chi connectivity index (χ0n) is 20.5. The van der Waals surface area contributed by atoms with Crippen LogP contribution in [0.25, 0.3) is 0 Å². The quantitative estimate of drug-likeness (QED) is 0.208. The summed E-state index contributed by atoms with van der Waals surface area (Å²) < 4.78 is 32.8. The Balaban J connectivity index is 1.41. The molecule has 0 spiro atoms. The second-order valence-corrected chi connectivity index (χ2v) is 8.41. The molecule has 0 unspecified atom stereocenters. The van der Waals surface area contributed by atoms with Gasteiger partial charge < -0.3 is 49.1 Å². The lowest BCUT2D eigenvalue weighted by Crippen LogP contribution is -2.68. The fourth-order valence-corrected chi connectivity index (χ4v) is 3.47. The first kappa shape index (κ1) is 29.6. The molecule has 0 aliphatic carbocycles. The molecule has 200 valence electrons. The maximum atomic E-state index is 11.2. The molecule has 0 saturated carbocycles. The SMILES string of the molecule is CC(=O)N[C@@H]1[C@@H](O)[C@@H](O)[C@@](C)(COCCOCCOCCOCCOCc2ccccc2)O[C@@H]1O. The van der Waals surface area contributed by atoms with Crippen molar-refractivity contribution in [3.8, 4) is 0 Å². The van der Waals surface area contributed by atoms with Gasteiger partial charge in [0.2, 0.25) is 5.91 Å². The average Bonchev–Trinajstić information content (AvgIpc) is 2.83. The number of carbonyl (C=O) groups is 1. The summed E-state index contributed by atoms with van der Waals surface area (Å²) in [6, 6.07) is 8.83. The van der Waals surface area contributed by atoms with E-state index in [0.717, 1.165) is 5.56 Å². The van der Waals surface area contributed by atoms with Crippen LogP contribution < -0.4 is 5.32 Å². The van der Waals surface area contributed by atoms with E-state index in [4.69, 9.17) is 28.4 Å². The minimum atomic E-state index is -1.48. The summed E-state index contributed by atoms with van der Waals surface area (Å²) in [6.45, 7) is 6.51. The van der Waals surface area contributed by atoms with E-state index in [9.17, 15) is 20.1 Å². The maximum Gasteiger partial charge on any atom is 0.217 e. The van der Waals surface area contributed by atoms with Crippen LogP contribution in [0.2, 0.25) is 0 Å². The molecule has 5 atom stereocenters. The van der Waals surface area contributed by atoms with Crippen LogP contribution in [0, 0.1) is 0 Å². The first-order valence-corrected chi connectivity index (χ1v) is 11.8. The third-order valence-electron chi connectivity index (χ3n) is 5.37. The van der Waals surface area contributed by atoms with Gasteiger partial charge in [-0.2, -0.15) is 0 Å². The molecule has 1 fully saturated rings. The molecule has 11 heteroatoms. The standard InChI is InChI=1S/C24H39NO10/c1-18(26)25-20-21(27)22(28)24(2,35-23(20)29)17-34-15-13-32-11-9-30-8-10-31-12-14-33-16-19-6-4-3-5-7-19/h3-7,20-23,27-29H,8-17H2,1-2H3,(H,25,26)/t20-,21-,22-,23+,24-/m1/s1. The van der Waals surface area contributed by atoms with Crippen molar-refractivity contribution in [1.82, 2.24) is 5.32 Å². The number of nitrogens with one attached hydrogen (secondary N) is 1. The van der Waals surface area contributed by atoms with Crippen molar-refractivity contribution >= 4 is 5.91 Å². The Bertz CT molecular complexity index is 709. The van der Waals surface area contributed by atoms with Crippen LogP contribution in [0.3, 0.4) is 0 Å². The number of aliphatic hydroxyl groups is 3. The van der Waals surface area contributed by atoms with E-state index in [-0.39, 0.29) is 13.2 Å². The molecule has 11 nitrogen and oxygen atoms in total. The molecule has 4 N–H and O–H groups in total. The smallest absolute Gasteiger partial charge is 0.217 e. The fraction of sp³-hybridized carbons (Fsp3) is 0.708. The lowest BCUT2D eigenvalue weighted by molar-refractivity contribution is -0.297. The van der Waals surface area contributed by atoms with Gasteiger partial charge in [-0.25, -0.2) is 0 Å². The molecule has 0 bridgehead atoms. The second kappa shape index (κ2) is 16.1. The number of carbonyl (C=O) groups excluding carboxylic acids is 1. The predicted octanol–water partition coefficient (Wildman–Crippen LogP) is -0.397. The predicted molar refractivity (Wildman–Crippen MR) is 124 cm³/mol. The number of ether oxygens (including phenoxy) is 6. The first-order valence-electron chi connectivity index (χ1n) is 11.8. The van der Waals surface area contributed by atoms with Crippen molar-refractivity contribution in [1.29, 1.82) is 0 Å². The van der Waals surface area contributed by atoms with Crippen molar-refractivity contribution in [3.63, 3.8) is 0 Å². The zero-order chi connectivity index (χ0) is 25.5. The van der Waals surface area contributed by atoms with E-state index >= 15 is 0 Å². The molecular formula is C24H39NO10. The zero-order valence-corrected chi connectivity index (χ0v) is 20.5. The van der Waals surface area contributed by atoms with Gasteiger partial charge in [0.1, 0.15) is 23.9 Å². The van der Waals surface area contributed by atoms with Crippen molar-refractivity contribution in [2.75, 3.05) is 59.5 Å². The fourth-order valence-electron chi connectivity index (χ4n) is 3.47. The van der Waals surface area contributed by atoms with Crippen LogP contribution in [0.1, 0.15) is 19.4 Å². The van der Waals surface area contributed by atoms with Gasteiger partial charge >= 0.3 is 0 Å². The average molecular weight is 502 g/mol. The number of aliphatic hydroxyl groups excluding tert-OH is 3. The molecule has 1 aromatic carbocycles. The van der Waals surface area contributed by atoms with E-state index in [0.29, 0.717) is 52.9 Å². The van der Waals surface area contributed by atoms with Gasteiger partial charge in [-0.15, -0.1) is 0 Å². The largest absolute Gasteiger partial charge is 0.388 e. The maximum absolute atomic E-state index is 11.2. The topological polar surface area (TPSA) is 145 Å². The molecule has 0 aromatic heterocycles. The lowest BCUT2D eigenvalue weighted by Gasteiger charge is -2.46. The van der Waals surface area contributed by atoms with Crippen LogP contribution in [0.5, 0.6) is 0 Å². The highest BCUT2D eigenvalue weighted by atomic mass is 16.6. The van der Waals surface area contributed by atoms with Crippen molar-refractivity contribution in [2.24, 2.45) is 0 Å². The van der Waals surface area contributed by atoms with Gasteiger partial charge in [0, 0.05) is 6.92 Å². The van der Waals surface area contributed by atoms with E-state index in [1.54, 1.807) is 0 Å². The minimum absolute atomic E-state index is 0.0820. The number of amides is 1. The molecule has 35 heavy (non-hydrogen) atoms. The Morgan fingerprint density at radius 1 is 0.886 bits per heavy atom. The highest BCUT2D eigenvalue weighted by molar-refractivity contribution is 5.73. The third-order valence-corrected chi connectivity index (χ3v) is 5.37. The molecular weight excluding hydrogens is 462 g/mol. The van der Waals surface area contributed by atoms with Gasteiger partial charge in [-0.1, -0.05) is 30.3 Å². The van der Waals surface area contributed by atoms with E-state index in [1.165, 1.54) is 13.8 Å². The Kier molecular flexibility index (Phi) is 13.6. The number of hydrogen-bond acceptors (Lipinski definition) is 10. The van der Waals surface area contributed by atoms with E-state index < -0.39 is 36.0 Å². The Morgan fingerprint density at radius 3 is 1.94 bits per heavy atom. The lowest BCUT2D eigenvalue weighted by atomic mass is 9.87. The Morgan fingerprint density at radius 2 is 1.40 bits per heavy atom. The molecule has 1 amide bonds. The van der Waals surface area contributed by atoms with E-state index in [1.807, 2.05) is 30.3 Å². The molecule has 1 heterocycles. The summed E-state index contributed by atoms with van der Waals surface area (Å²) >= 11 is 0. The normalized spacial score (nSPS) is 26.5. The van der Waals surface area contributed by atoms with Gasteiger partial charge in [-0.3, -0.25) is 4.79 Å². The first-order chi connectivity index (χ1) is 16.8. The van der Waals surface area contributed by atoms with Gasteiger partial charge in [-0.05, 0) is 12.5 Å². The Labute approximate surface area is 206 Å². The van der Waals surface area contributed by atoms with Crippen LogP contribution >= 0.6 is 0 Å². The summed E-state index contributed by atoms with van der Waals surface area (Å²) in [7, 11) is 0.